The first-order valence-corrected chi connectivity index (χ1v) is 10.5. The lowest BCUT2D eigenvalue weighted by Gasteiger charge is -2.16. The Kier molecular flexibility index (Phi) is 6.00. The summed E-state index contributed by atoms with van der Waals surface area (Å²) in [7, 11) is 0. The molecule has 6 unspecified atom stereocenters. The summed E-state index contributed by atoms with van der Waals surface area (Å²) in [5.74, 6) is 0. The van der Waals surface area contributed by atoms with Gasteiger partial charge in [-0.05, 0) is 36.1 Å². The van der Waals surface area contributed by atoms with E-state index >= 15 is 0 Å². The lowest BCUT2D eigenvalue weighted by Crippen LogP contribution is -2.28. The summed E-state index contributed by atoms with van der Waals surface area (Å²) in [6.45, 7) is 11.8. The fourth-order valence-corrected chi connectivity index (χ4v) is 4.00. The first-order valence-electron chi connectivity index (χ1n) is 10.5. The van der Waals surface area contributed by atoms with Gasteiger partial charge in [0.05, 0.1) is 24.4 Å². The molecule has 2 aromatic rings. The summed E-state index contributed by atoms with van der Waals surface area (Å²) >= 11 is 0. The third-order valence-electron chi connectivity index (χ3n) is 5.90. The minimum atomic E-state index is 0.0687. The molecule has 0 aromatic heterocycles. The van der Waals surface area contributed by atoms with E-state index in [0.717, 1.165) is 24.0 Å². The summed E-state index contributed by atoms with van der Waals surface area (Å²) in [5, 5.41) is 0. The molecule has 2 heterocycles. The molecule has 0 aliphatic carbocycles. The van der Waals surface area contributed by atoms with Crippen molar-refractivity contribution in [1.29, 1.82) is 0 Å². The van der Waals surface area contributed by atoms with Crippen LogP contribution in [0.5, 0.6) is 0 Å². The molecule has 3 heteroatoms. The Morgan fingerprint density at radius 3 is 1.48 bits per heavy atom. The van der Waals surface area contributed by atoms with Gasteiger partial charge >= 0.3 is 0 Å². The van der Waals surface area contributed by atoms with Crippen molar-refractivity contribution in [3.8, 4) is 0 Å². The highest BCUT2D eigenvalue weighted by molar-refractivity contribution is 5.48. The van der Waals surface area contributed by atoms with Crippen LogP contribution in [0, 0.1) is 0 Å². The minimum absolute atomic E-state index is 0.0687. The number of hydrogen-bond donors (Lipinski definition) is 0. The van der Waals surface area contributed by atoms with Crippen LogP contribution in [0.4, 0.5) is 0 Å². The third-order valence-corrected chi connectivity index (χ3v) is 5.90. The van der Waals surface area contributed by atoms with Crippen molar-refractivity contribution in [2.75, 3.05) is 0 Å². The van der Waals surface area contributed by atoms with Crippen molar-refractivity contribution in [3.63, 3.8) is 0 Å². The minimum Gasteiger partial charge on any atom is -0.370 e. The average Bonchev–Trinajstić information content (AvgIpc) is 3.65. The molecule has 2 aliphatic heterocycles. The van der Waals surface area contributed by atoms with E-state index in [9.17, 15) is 0 Å². The Morgan fingerprint density at radius 2 is 1.14 bits per heavy atom. The van der Waals surface area contributed by atoms with Crippen molar-refractivity contribution in [2.45, 2.75) is 63.3 Å². The molecule has 2 aromatic carbocycles. The van der Waals surface area contributed by atoms with Crippen molar-refractivity contribution < 1.29 is 14.2 Å². The normalized spacial score (nSPS) is 27.1. The van der Waals surface area contributed by atoms with E-state index in [-0.39, 0.29) is 36.6 Å². The fourth-order valence-electron chi connectivity index (χ4n) is 4.00. The molecule has 3 nitrogen and oxygen atoms in total. The van der Waals surface area contributed by atoms with Crippen molar-refractivity contribution in [1.82, 2.24) is 0 Å². The molecule has 2 fully saturated rings. The van der Waals surface area contributed by atoms with E-state index in [1.165, 1.54) is 11.1 Å². The van der Waals surface area contributed by atoms with Crippen molar-refractivity contribution in [2.24, 2.45) is 0 Å². The monoisotopic (exact) mass is 390 g/mol. The van der Waals surface area contributed by atoms with Gasteiger partial charge < -0.3 is 14.2 Å². The summed E-state index contributed by atoms with van der Waals surface area (Å²) in [4.78, 5) is 0. The van der Waals surface area contributed by atoms with Gasteiger partial charge in [-0.15, -0.1) is 0 Å². The van der Waals surface area contributed by atoms with E-state index in [1.807, 2.05) is 12.2 Å². The zero-order valence-corrected chi connectivity index (χ0v) is 17.3. The molecule has 0 amide bonds. The van der Waals surface area contributed by atoms with Gasteiger partial charge in [-0.1, -0.05) is 73.8 Å². The highest BCUT2D eigenvalue weighted by Crippen LogP contribution is 2.35. The zero-order chi connectivity index (χ0) is 20.4. The average molecular weight is 391 g/mol. The fraction of sp³-hybridized carbons (Fsp3) is 0.385. The van der Waals surface area contributed by atoms with Crippen LogP contribution in [0.2, 0.25) is 0 Å². The van der Waals surface area contributed by atoms with Crippen LogP contribution < -0.4 is 0 Å². The van der Waals surface area contributed by atoms with Crippen LogP contribution in [-0.2, 0) is 27.1 Å². The van der Waals surface area contributed by atoms with Crippen LogP contribution in [0.3, 0.4) is 0 Å². The quantitative estimate of drug-likeness (QED) is 0.530. The van der Waals surface area contributed by atoms with E-state index in [2.05, 4.69) is 75.5 Å². The van der Waals surface area contributed by atoms with Gasteiger partial charge in [0.2, 0.25) is 0 Å². The third kappa shape index (κ3) is 5.05. The van der Waals surface area contributed by atoms with Gasteiger partial charge in [0, 0.05) is 12.8 Å². The Hall–Kier alpha value is -2.20. The molecular weight excluding hydrogens is 360 g/mol. The molecule has 0 bridgehead atoms. The Morgan fingerprint density at radius 1 is 0.759 bits per heavy atom. The van der Waals surface area contributed by atoms with Crippen molar-refractivity contribution in [3.05, 3.63) is 83.9 Å². The summed E-state index contributed by atoms with van der Waals surface area (Å²) < 4.78 is 18.0. The molecule has 0 spiro atoms. The number of epoxide rings is 2. The van der Waals surface area contributed by atoms with Gasteiger partial charge in [0.15, 0.2) is 0 Å². The lowest BCUT2D eigenvalue weighted by molar-refractivity contribution is -0.0188. The molecule has 4 rings (SSSR count). The highest BCUT2D eigenvalue weighted by atomic mass is 16.6. The maximum absolute atomic E-state index is 6.23. The van der Waals surface area contributed by atoms with Crippen LogP contribution >= 0.6 is 0 Å². The molecular formula is C26H30O3. The van der Waals surface area contributed by atoms with E-state index in [4.69, 9.17) is 14.2 Å². The van der Waals surface area contributed by atoms with Crippen LogP contribution in [-0.4, -0.2) is 36.6 Å². The first kappa shape index (κ1) is 20.1. The summed E-state index contributed by atoms with van der Waals surface area (Å²) in [5.41, 5.74) is 4.86. The van der Waals surface area contributed by atoms with E-state index < -0.39 is 0 Å². The zero-order valence-electron chi connectivity index (χ0n) is 17.3. The molecule has 29 heavy (non-hydrogen) atoms. The maximum Gasteiger partial charge on any atom is 0.110 e. The number of hydrogen-bond acceptors (Lipinski definition) is 3. The number of rotatable bonds is 10. The predicted molar refractivity (Wildman–Crippen MR) is 118 cm³/mol. The smallest absolute Gasteiger partial charge is 0.110 e. The van der Waals surface area contributed by atoms with Gasteiger partial charge in [-0.3, -0.25) is 0 Å². The van der Waals surface area contributed by atoms with E-state index in [0.29, 0.717) is 0 Å². The Labute approximate surface area is 174 Å². The second-order valence-corrected chi connectivity index (χ2v) is 8.12. The second kappa shape index (κ2) is 8.66. The van der Waals surface area contributed by atoms with Gasteiger partial charge in [-0.2, -0.15) is 0 Å². The van der Waals surface area contributed by atoms with Gasteiger partial charge in [-0.25, -0.2) is 0 Å². The van der Waals surface area contributed by atoms with Gasteiger partial charge in [0.1, 0.15) is 12.2 Å². The lowest BCUT2D eigenvalue weighted by atomic mass is 10.0. The molecule has 6 atom stereocenters. The Bertz CT molecular complexity index is 768. The molecule has 2 saturated heterocycles. The first-order chi connectivity index (χ1) is 14.1. The van der Waals surface area contributed by atoms with Gasteiger partial charge in [0.25, 0.3) is 0 Å². The standard InChI is InChI=1S/C26H30O3/c1-5-19-7-11-21(12-8-19)15-23-25(28-23)17(3)27-18(4)26-24(29-26)16-22-13-9-20(6-2)10-14-22/h5-14,17-18,23-26H,1-2,15-16H2,3-4H3. The predicted octanol–water partition coefficient (Wildman–Crippen LogP) is 5.09. The van der Waals surface area contributed by atoms with Crippen LogP contribution in [0.15, 0.2) is 61.7 Å². The SMILES string of the molecule is C=Cc1ccc(CC2OC2C(C)OC(C)C2OC2Cc2ccc(C=C)cc2)cc1. The largest absolute Gasteiger partial charge is 0.370 e. The molecule has 0 saturated carbocycles. The topological polar surface area (TPSA) is 34.3 Å². The summed E-state index contributed by atoms with van der Waals surface area (Å²) in [6, 6.07) is 17.0. The molecule has 152 valence electrons. The molecule has 0 radical (unpaired) electrons. The van der Waals surface area contributed by atoms with Crippen LogP contribution in [0.1, 0.15) is 36.1 Å². The summed E-state index contributed by atoms with van der Waals surface area (Å²) in [6.07, 6.45) is 6.53. The van der Waals surface area contributed by atoms with E-state index in [1.54, 1.807) is 0 Å². The Balaban J connectivity index is 1.20. The van der Waals surface area contributed by atoms with Crippen molar-refractivity contribution >= 4 is 12.2 Å². The molecule has 2 aliphatic rings. The number of benzene rings is 2. The highest BCUT2D eigenvalue weighted by Gasteiger charge is 2.48. The second-order valence-electron chi connectivity index (χ2n) is 8.12. The maximum atomic E-state index is 6.23. The number of ether oxygens (including phenoxy) is 3. The molecule has 0 N–H and O–H groups in total. The van der Waals surface area contributed by atoms with Crippen LogP contribution in [0.25, 0.3) is 12.2 Å².